The molecular formula is C26H30N4O2. The first-order chi connectivity index (χ1) is 15.7. The van der Waals surface area contributed by atoms with Gasteiger partial charge in [0.05, 0.1) is 0 Å². The molecule has 0 spiro atoms. The average molecular weight is 431 g/mol. The Hall–Kier alpha value is -3.25. The van der Waals surface area contributed by atoms with E-state index in [4.69, 9.17) is 4.52 Å². The van der Waals surface area contributed by atoms with Gasteiger partial charge < -0.3 is 9.42 Å². The molecule has 4 rings (SSSR count). The fourth-order valence-electron chi connectivity index (χ4n) is 3.82. The number of aromatic nitrogens is 2. The maximum Gasteiger partial charge on any atom is 0.227 e. The van der Waals surface area contributed by atoms with Crippen molar-refractivity contribution in [1.29, 1.82) is 0 Å². The van der Waals surface area contributed by atoms with E-state index in [1.807, 2.05) is 35.2 Å². The lowest BCUT2D eigenvalue weighted by molar-refractivity contribution is -0.132. The number of hydrogen-bond acceptors (Lipinski definition) is 5. The van der Waals surface area contributed by atoms with E-state index in [9.17, 15) is 4.79 Å². The van der Waals surface area contributed by atoms with Gasteiger partial charge in [0.2, 0.25) is 17.6 Å². The van der Waals surface area contributed by atoms with Crippen LogP contribution >= 0.6 is 0 Å². The number of aryl methyl sites for hydroxylation is 2. The molecule has 2 heterocycles. The van der Waals surface area contributed by atoms with Crippen molar-refractivity contribution in [2.45, 2.75) is 26.2 Å². The molecular weight excluding hydrogens is 400 g/mol. The van der Waals surface area contributed by atoms with E-state index in [0.717, 1.165) is 44.7 Å². The molecule has 6 heteroatoms. The molecule has 0 unspecified atom stereocenters. The number of hydrogen-bond donors (Lipinski definition) is 0. The molecule has 6 nitrogen and oxygen atoms in total. The van der Waals surface area contributed by atoms with Gasteiger partial charge in [-0.05, 0) is 17.5 Å². The first-order valence-electron chi connectivity index (χ1n) is 11.3. The van der Waals surface area contributed by atoms with Crippen LogP contribution in [0.1, 0.15) is 30.4 Å². The van der Waals surface area contributed by atoms with Gasteiger partial charge in [-0.1, -0.05) is 78.8 Å². The minimum absolute atomic E-state index is 0.150. The van der Waals surface area contributed by atoms with E-state index in [1.54, 1.807) is 0 Å². The highest BCUT2D eigenvalue weighted by molar-refractivity contribution is 5.76. The van der Waals surface area contributed by atoms with Crippen molar-refractivity contribution in [3.8, 4) is 11.4 Å². The third kappa shape index (κ3) is 5.92. The second-order valence-electron chi connectivity index (χ2n) is 8.06. The minimum Gasteiger partial charge on any atom is -0.340 e. The molecule has 1 fully saturated rings. The number of benzene rings is 2. The summed E-state index contributed by atoms with van der Waals surface area (Å²) in [5, 5.41) is 4.07. The number of nitrogens with zero attached hydrogens (tertiary/aromatic N) is 4. The van der Waals surface area contributed by atoms with Gasteiger partial charge in [-0.2, -0.15) is 4.98 Å². The Kier molecular flexibility index (Phi) is 7.46. The molecule has 0 bridgehead atoms. The zero-order valence-electron chi connectivity index (χ0n) is 18.6. The van der Waals surface area contributed by atoms with E-state index < -0.39 is 0 Å². The number of piperazine rings is 1. The highest BCUT2D eigenvalue weighted by atomic mass is 16.5. The summed E-state index contributed by atoms with van der Waals surface area (Å²) in [6.07, 6.45) is 6.20. The van der Waals surface area contributed by atoms with Crippen molar-refractivity contribution in [2.24, 2.45) is 0 Å². The van der Waals surface area contributed by atoms with Crippen LogP contribution in [0.5, 0.6) is 0 Å². The molecule has 1 aromatic heterocycles. The largest absolute Gasteiger partial charge is 0.340 e. The topological polar surface area (TPSA) is 62.5 Å². The summed E-state index contributed by atoms with van der Waals surface area (Å²) in [5.41, 5.74) is 3.42. The highest BCUT2D eigenvalue weighted by Crippen LogP contribution is 2.17. The lowest BCUT2D eigenvalue weighted by Crippen LogP contribution is -2.48. The van der Waals surface area contributed by atoms with Gasteiger partial charge in [0.15, 0.2) is 0 Å². The van der Waals surface area contributed by atoms with Crippen molar-refractivity contribution in [2.75, 3.05) is 32.7 Å². The van der Waals surface area contributed by atoms with Crippen LogP contribution in [0.4, 0.5) is 0 Å². The van der Waals surface area contributed by atoms with Crippen LogP contribution in [0.25, 0.3) is 17.5 Å². The van der Waals surface area contributed by atoms with Crippen molar-refractivity contribution in [1.82, 2.24) is 19.9 Å². The zero-order valence-corrected chi connectivity index (χ0v) is 18.6. The Morgan fingerprint density at radius 1 is 1.03 bits per heavy atom. The van der Waals surface area contributed by atoms with E-state index in [2.05, 4.69) is 58.4 Å². The zero-order chi connectivity index (χ0) is 22.2. The van der Waals surface area contributed by atoms with E-state index in [0.29, 0.717) is 24.6 Å². The molecule has 1 amide bonds. The first kappa shape index (κ1) is 22.0. The number of rotatable bonds is 8. The molecule has 32 heavy (non-hydrogen) atoms. The molecule has 0 atom stereocenters. The molecule has 166 valence electrons. The Balaban J connectivity index is 1.20. The second-order valence-corrected chi connectivity index (χ2v) is 8.06. The monoisotopic (exact) mass is 430 g/mol. The molecule has 2 aromatic carbocycles. The van der Waals surface area contributed by atoms with E-state index >= 15 is 0 Å². The molecule has 1 saturated heterocycles. The summed E-state index contributed by atoms with van der Waals surface area (Å²) in [4.78, 5) is 21.4. The van der Waals surface area contributed by atoms with Crippen molar-refractivity contribution >= 4 is 12.0 Å². The molecule has 0 aliphatic carbocycles. The quantitative estimate of drug-likeness (QED) is 0.539. The van der Waals surface area contributed by atoms with Gasteiger partial charge >= 0.3 is 0 Å². The predicted octanol–water partition coefficient (Wildman–Crippen LogP) is 4.09. The lowest BCUT2D eigenvalue weighted by atomic mass is 10.1. The fourth-order valence-corrected chi connectivity index (χ4v) is 3.82. The lowest BCUT2D eigenvalue weighted by Gasteiger charge is -2.34. The number of carbonyl (C=O) groups is 1. The Bertz CT molecular complexity index is 1020. The van der Waals surface area contributed by atoms with Gasteiger partial charge in [-0.15, -0.1) is 0 Å². The van der Waals surface area contributed by atoms with Gasteiger partial charge in [-0.3, -0.25) is 9.69 Å². The van der Waals surface area contributed by atoms with Crippen LogP contribution in [-0.4, -0.2) is 58.6 Å². The normalized spacial score (nSPS) is 14.8. The first-order valence-corrected chi connectivity index (χ1v) is 11.3. The Morgan fingerprint density at radius 3 is 2.50 bits per heavy atom. The van der Waals surface area contributed by atoms with Crippen LogP contribution < -0.4 is 0 Å². The van der Waals surface area contributed by atoms with Gasteiger partial charge in [0.25, 0.3) is 0 Å². The third-order valence-electron chi connectivity index (χ3n) is 5.84. The van der Waals surface area contributed by atoms with Gasteiger partial charge in [0.1, 0.15) is 0 Å². The maximum absolute atomic E-state index is 12.6. The van der Waals surface area contributed by atoms with Crippen molar-refractivity contribution in [3.05, 3.63) is 77.7 Å². The molecule has 0 radical (unpaired) electrons. The van der Waals surface area contributed by atoms with E-state index in [-0.39, 0.29) is 5.91 Å². The number of amides is 1. The van der Waals surface area contributed by atoms with Crippen LogP contribution in [0.15, 0.2) is 65.2 Å². The summed E-state index contributed by atoms with van der Waals surface area (Å²) in [6.45, 7) is 6.34. The SMILES string of the molecule is CCc1ccc(-c2noc(CCC(=O)N3CCN(C/C=C/c4ccccc4)CC3)n2)cc1. The molecule has 1 aliphatic rings. The highest BCUT2D eigenvalue weighted by Gasteiger charge is 2.21. The summed E-state index contributed by atoms with van der Waals surface area (Å²) in [7, 11) is 0. The van der Waals surface area contributed by atoms with Crippen LogP contribution in [-0.2, 0) is 17.6 Å². The maximum atomic E-state index is 12.6. The van der Waals surface area contributed by atoms with Crippen molar-refractivity contribution in [3.63, 3.8) is 0 Å². The Labute approximate surface area is 189 Å². The van der Waals surface area contributed by atoms with Gasteiger partial charge in [0, 0.05) is 51.1 Å². The molecule has 0 saturated carbocycles. The van der Waals surface area contributed by atoms with Gasteiger partial charge in [-0.25, -0.2) is 0 Å². The standard InChI is InChI=1S/C26H30N4O2/c1-2-21-10-12-23(13-11-21)26-27-24(32-28-26)14-15-25(31)30-19-17-29(18-20-30)16-6-9-22-7-4-3-5-8-22/h3-13H,2,14-20H2,1H3/b9-6+. The number of carbonyl (C=O) groups excluding carboxylic acids is 1. The van der Waals surface area contributed by atoms with Crippen molar-refractivity contribution < 1.29 is 9.32 Å². The fraction of sp³-hybridized carbons (Fsp3) is 0.346. The molecule has 0 N–H and O–H groups in total. The van der Waals surface area contributed by atoms with E-state index in [1.165, 1.54) is 11.1 Å². The third-order valence-corrected chi connectivity index (χ3v) is 5.84. The predicted molar refractivity (Wildman–Crippen MR) is 126 cm³/mol. The summed E-state index contributed by atoms with van der Waals surface area (Å²) < 4.78 is 5.36. The Morgan fingerprint density at radius 2 is 1.78 bits per heavy atom. The molecule has 3 aromatic rings. The minimum atomic E-state index is 0.150. The summed E-state index contributed by atoms with van der Waals surface area (Å²) in [6, 6.07) is 18.5. The second kappa shape index (κ2) is 10.9. The van der Waals surface area contributed by atoms with Crippen LogP contribution in [0.3, 0.4) is 0 Å². The van der Waals surface area contributed by atoms with Crippen LogP contribution in [0, 0.1) is 0 Å². The summed E-state index contributed by atoms with van der Waals surface area (Å²) in [5.74, 6) is 1.24. The van der Waals surface area contributed by atoms with Crippen LogP contribution in [0.2, 0.25) is 0 Å². The molecule has 1 aliphatic heterocycles. The average Bonchev–Trinajstić information content (AvgIpc) is 3.33. The summed E-state index contributed by atoms with van der Waals surface area (Å²) >= 11 is 0. The smallest absolute Gasteiger partial charge is 0.227 e.